The van der Waals surface area contributed by atoms with Crippen molar-refractivity contribution in [1.29, 1.82) is 0 Å². The molecule has 0 spiro atoms. The maximum Gasteiger partial charge on any atom is 0.241 e. The van der Waals surface area contributed by atoms with Crippen LogP contribution in [0.15, 0.2) is 18.2 Å². The van der Waals surface area contributed by atoms with E-state index >= 15 is 0 Å². The summed E-state index contributed by atoms with van der Waals surface area (Å²) in [4.78, 5) is 13.8. The molecule has 0 aromatic heterocycles. The molecule has 0 saturated heterocycles. The number of nitrogens with one attached hydrogen (secondary N) is 1. The zero-order valence-electron chi connectivity index (χ0n) is 11.0. The highest BCUT2D eigenvalue weighted by Gasteiger charge is 2.16. The molecule has 0 saturated carbocycles. The van der Waals surface area contributed by atoms with Crippen LogP contribution in [0.5, 0.6) is 0 Å². The molecule has 0 heterocycles. The van der Waals surface area contributed by atoms with Crippen molar-refractivity contribution >= 4 is 28.9 Å². The Bertz CT molecular complexity index is 421. The number of carbonyl (C=O) groups is 1. The van der Waals surface area contributed by atoms with E-state index in [1.807, 2.05) is 32.0 Å². The number of benzene rings is 1. The first-order valence-corrected chi connectivity index (χ1v) is 6.37. The van der Waals surface area contributed by atoms with Crippen molar-refractivity contribution in [1.82, 2.24) is 0 Å². The number of hydrogen-bond acceptors (Lipinski definition) is 3. The molecule has 0 fully saturated rings. The molecule has 0 aliphatic heterocycles. The zero-order chi connectivity index (χ0) is 13.7. The van der Waals surface area contributed by atoms with E-state index in [9.17, 15) is 4.79 Å². The molecule has 0 bridgehead atoms. The van der Waals surface area contributed by atoms with Crippen molar-refractivity contribution in [2.24, 2.45) is 5.73 Å². The van der Waals surface area contributed by atoms with Gasteiger partial charge in [-0.2, -0.15) is 0 Å². The van der Waals surface area contributed by atoms with Gasteiger partial charge >= 0.3 is 0 Å². The Morgan fingerprint density at radius 3 is 2.72 bits per heavy atom. The molecule has 1 aromatic carbocycles. The summed E-state index contributed by atoms with van der Waals surface area (Å²) in [5.41, 5.74) is 7.25. The second kappa shape index (κ2) is 6.61. The summed E-state index contributed by atoms with van der Waals surface area (Å²) in [5.74, 6) is -0.179. The van der Waals surface area contributed by atoms with Gasteiger partial charge in [0.05, 0.1) is 22.4 Å². The highest BCUT2D eigenvalue weighted by atomic mass is 35.5. The lowest BCUT2D eigenvalue weighted by atomic mass is 10.1. The average Bonchev–Trinajstić information content (AvgIpc) is 2.28. The number of rotatable bonds is 5. The van der Waals surface area contributed by atoms with Crippen LogP contribution in [0, 0.1) is 0 Å². The van der Waals surface area contributed by atoms with Crippen LogP contribution >= 0.6 is 11.6 Å². The maximum absolute atomic E-state index is 11.9. The standard InChI is InChI=1S/C13H20ClN3O/c1-4-6-10(15)13(18)16-11-8-5-7-9(14)12(11)17(2)3/h5,7-8,10H,4,6,15H2,1-3H3,(H,16,18). The predicted molar refractivity (Wildman–Crippen MR) is 77.3 cm³/mol. The van der Waals surface area contributed by atoms with E-state index in [1.54, 1.807) is 12.1 Å². The lowest BCUT2D eigenvalue weighted by molar-refractivity contribution is -0.117. The number of para-hydroxylation sites is 1. The summed E-state index contributed by atoms with van der Waals surface area (Å²) < 4.78 is 0. The number of nitrogens with zero attached hydrogens (tertiary/aromatic N) is 1. The second-order valence-corrected chi connectivity index (χ2v) is 4.82. The van der Waals surface area contributed by atoms with Gasteiger partial charge in [-0.05, 0) is 18.6 Å². The molecular weight excluding hydrogens is 250 g/mol. The molecule has 1 unspecified atom stereocenters. The van der Waals surface area contributed by atoms with Crippen molar-refractivity contribution in [2.75, 3.05) is 24.3 Å². The molecule has 3 N–H and O–H groups in total. The fraction of sp³-hybridized carbons (Fsp3) is 0.462. The van der Waals surface area contributed by atoms with E-state index in [4.69, 9.17) is 17.3 Å². The predicted octanol–water partition coefficient (Wildman–Crippen LogP) is 2.47. The fourth-order valence-corrected chi connectivity index (χ4v) is 2.08. The molecule has 1 amide bonds. The first kappa shape index (κ1) is 14.8. The largest absolute Gasteiger partial charge is 0.375 e. The molecular formula is C13H20ClN3O. The van der Waals surface area contributed by atoms with Crippen LogP contribution in [0.2, 0.25) is 5.02 Å². The molecule has 1 atom stereocenters. The SMILES string of the molecule is CCCC(N)C(=O)Nc1cccc(Cl)c1N(C)C. The maximum atomic E-state index is 11.9. The lowest BCUT2D eigenvalue weighted by Crippen LogP contribution is -2.35. The molecule has 4 nitrogen and oxygen atoms in total. The smallest absolute Gasteiger partial charge is 0.241 e. The van der Waals surface area contributed by atoms with Crippen LogP contribution in [0.1, 0.15) is 19.8 Å². The van der Waals surface area contributed by atoms with Gasteiger partial charge in [0.1, 0.15) is 0 Å². The normalized spacial score (nSPS) is 12.1. The van der Waals surface area contributed by atoms with Crippen molar-refractivity contribution in [3.05, 3.63) is 23.2 Å². The Morgan fingerprint density at radius 1 is 1.50 bits per heavy atom. The number of anilines is 2. The van der Waals surface area contributed by atoms with Gasteiger partial charge in [0, 0.05) is 14.1 Å². The van der Waals surface area contributed by atoms with E-state index in [-0.39, 0.29) is 5.91 Å². The van der Waals surface area contributed by atoms with Gasteiger partial charge in [0.2, 0.25) is 5.91 Å². The zero-order valence-corrected chi connectivity index (χ0v) is 11.8. The first-order chi connectivity index (χ1) is 8.47. The summed E-state index contributed by atoms with van der Waals surface area (Å²) in [6.07, 6.45) is 1.55. The number of amides is 1. The molecule has 1 aromatic rings. The first-order valence-electron chi connectivity index (χ1n) is 5.99. The van der Waals surface area contributed by atoms with Gasteiger partial charge in [-0.1, -0.05) is 31.0 Å². The topological polar surface area (TPSA) is 58.4 Å². The Morgan fingerprint density at radius 2 is 2.17 bits per heavy atom. The quantitative estimate of drug-likeness (QED) is 0.863. The minimum atomic E-state index is -0.482. The summed E-state index contributed by atoms with van der Waals surface area (Å²) >= 11 is 6.12. The van der Waals surface area contributed by atoms with Crippen molar-refractivity contribution in [3.63, 3.8) is 0 Å². The Kier molecular flexibility index (Phi) is 5.44. The average molecular weight is 270 g/mol. The van der Waals surface area contributed by atoms with Gasteiger partial charge in [-0.15, -0.1) is 0 Å². The molecule has 5 heteroatoms. The minimum Gasteiger partial charge on any atom is -0.375 e. The number of carbonyl (C=O) groups excluding carboxylic acids is 1. The summed E-state index contributed by atoms with van der Waals surface area (Å²) in [6, 6.07) is 4.93. The van der Waals surface area contributed by atoms with Crippen LogP contribution in [0.3, 0.4) is 0 Å². The van der Waals surface area contributed by atoms with Gasteiger partial charge in [-0.3, -0.25) is 4.79 Å². The molecule has 0 radical (unpaired) electrons. The van der Waals surface area contributed by atoms with E-state index in [0.29, 0.717) is 17.1 Å². The fourth-order valence-electron chi connectivity index (χ4n) is 1.74. The lowest BCUT2D eigenvalue weighted by Gasteiger charge is -2.20. The number of nitrogens with two attached hydrogens (primary N) is 1. The summed E-state index contributed by atoms with van der Waals surface area (Å²) in [5, 5.41) is 3.43. The highest BCUT2D eigenvalue weighted by molar-refractivity contribution is 6.34. The molecule has 0 aliphatic rings. The van der Waals surface area contributed by atoms with E-state index in [0.717, 1.165) is 12.1 Å². The Balaban J connectivity index is 2.91. The van der Waals surface area contributed by atoms with Gasteiger partial charge < -0.3 is 16.0 Å². The van der Waals surface area contributed by atoms with Crippen LogP contribution in [-0.2, 0) is 4.79 Å². The molecule has 0 aliphatic carbocycles. The third-order valence-electron chi connectivity index (χ3n) is 2.63. The van der Waals surface area contributed by atoms with E-state index in [1.165, 1.54) is 0 Å². The van der Waals surface area contributed by atoms with E-state index in [2.05, 4.69) is 5.32 Å². The number of halogens is 1. The highest BCUT2D eigenvalue weighted by Crippen LogP contribution is 2.32. The van der Waals surface area contributed by atoms with Gasteiger partial charge in [-0.25, -0.2) is 0 Å². The van der Waals surface area contributed by atoms with Gasteiger partial charge in [0.15, 0.2) is 0 Å². The number of hydrogen-bond donors (Lipinski definition) is 2. The molecule has 1 rings (SSSR count). The van der Waals surface area contributed by atoms with Crippen LogP contribution in [0.4, 0.5) is 11.4 Å². The Labute approximate surface area is 113 Å². The van der Waals surface area contributed by atoms with Gasteiger partial charge in [0.25, 0.3) is 0 Å². The van der Waals surface area contributed by atoms with Crippen LogP contribution in [-0.4, -0.2) is 26.0 Å². The molecule has 18 heavy (non-hydrogen) atoms. The van der Waals surface area contributed by atoms with Crippen LogP contribution < -0.4 is 16.0 Å². The summed E-state index contributed by atoms with van der Waals surface area (Å²) in [7, 11) is 3.76. The van der Waals surface area contributed by atoms with Crippen molar-refractivity contribution in [2.45, 2.75) is 25.8 Å². The monoisotopic (exact) mass is 269 g/mol. The third kappa shape index (κ3) is 3.62. The second-order valence-electron chi connectivity index (χ2n) is 4.41. The third-order valence-corrected chi connectivity index (χ3v) is 2.93. The Hall–Kier alpha value is -1.26. The molecule has 100 valence electrons. The van der Waals surface area contributed by atoms with Crippen molar-refractivity contribution < 1.29 is 4.79 Å². The van der Waals surface area contributed by atoms with Crippen LogP contribution in [0.25, 0.3) is 0 Å². The summed E-state index contributed by atoms with van der Waals surface area (Å²) in [6.45, 7) is 2.00. The van der Waals surface area contributed by atoms with Crippen molar-refractivity contribution in [3.8, 4) is 0 Å². The minimum absolute atomic E-state index is 0.179. The van der Waals surface area contributed by atoms with E-state index < -0.39 is 6.04 Å².